The van der Waals surface area contributed by atoms with Crippen LogP contribution in [0.15, 0.2) is 24.3 Å². The topological polar surface area (TPSA) is 58.1 Å². The van der Waals surface area contributed by atoms with Crippen LogP contribution in [0.4, 0.5) is 0 Å². The molecular weight excluding hydrogens is 320 g/mol. The van der Waals surface area contributed by atoms with Crippen LogP contribution >= 0.6 is 23.1 Å². The van der Waals surface area contributed by atoms with Crippen molar-refractivity contribution in [3.63, 3.8) is 0 Å². The molecule has 118 valence electrons. The molecule has 1 N–H and O–H groups in total. The van der Waals surface area contributed by atoms with E-state index in [1.165, 1.54) is 0 Å². The van der Waals surface area contributed by atoms with Gasteiger partial charge in [-0.25, -0.2) is 0 Å². The van der Waals surface area contributed by atoms with Gasteiger partial charge in [0.2, 0.25) is 0 Å². The summed E-state index contributed by atoms with van der Waals surface area (Å²) in [6.45, 7) is 2.43. The van der Waals surface area contributed by atoms with E-state index in [0.29, 0.717) is 22.9 Å². The van der Waals surface area contributed by atoms with Crippen LogP contribution < -0.4 is 5.32 Å². The fraction of sp³-hybridized carbons (Fsp3) is 0.400. The fourth-order valence-corrected chi connectivity index (χ4v) is 3.13. The maximum Gasteiger partial charge on any atom is 0.265 e. The van der Waals surface area contributed by atoms with Gasteiger partial charge >= 0.3 is 0 Å². The Morgan fingerprint density at radius 1 is 1.41 bits per heavy atom. The Labute approximate surface area is 139 Å². The van der Waals surface area contributed by atoms with E-state index in [1.54, 1.807) is 0 Å². The lowest BCUT2D eigenvalue weighted by Crippen LogP contribution is -2.34. The van der Waals surface area contributed by atoms with Crippen LogP contribution in [0.25, 0.3) is 0 Å². The number of benzene rings is 1. The molecule has 0 saturated carbocycles. The zero-order chi connectivity index (χ0) is 16.1. The third-order valence-electron chi connectivity index (χ3n) is 3.44. The zero-order valence-corrected chi connectivity index (χ0v) is 14.4. The first-order valence-electron chi connectivity index (χ1n) is 7.04. The molecule has 1 unspecified atom stereocenters. The van der Waals surface area contributed by atoms with Crippen LogP contribution in [0.2, 0.25) is 5.02 Å². The van der Waals surface area contributed by atoms with E-state index in [0.717, 1.165) is 22.8 Å². The summed E-state index contributed by atoms with van der Waals surface area (Å²) in [5.41, 5.74) is 1.73. The quantitative estimate of drug-likeness (QED) is 0.880. The second-order valence-corrected chi connectivity index (χ2v) is 6.27. The number of nitrogens with zero attached hydrogens (tertiary/aromatic N) is 3. The largest absolute Gasteiger partial charge is 0.349 e. The van der Waals surface area contributed by atoms with Crippen molar-refractivity contribution < 1.29 is 4.79 Å². The predicted molar refractivity (Wildman–Crippen MR) is 89.5 cm³/mol. The molecular formula is C15H19ClN4OS. The molecule has 1 heterocycles. The molecule has 7 heteroatoms. The van der Waals surface area contributed by atoms with E-state index >= 15 is 0 Å². The van der Waals surface area contributed by atoms with Crippen molar-refractivity contribution in [2.45, 2.75) is 19.4 Å². The number of halogens is 1. The first-order valence-corrected chi connectivity index (χ1v) is 8.20. The molecule has 5 nitrogen and oxygen atoms in total. The molecule has 2 rings (SSSR count). The summed E-state index contributed by atoms with van der Waals surface area (Å²) in [5, 5.41) is 7.62. The average Bonchev–Trinajstić information content (AvgIpc) is 2.97. The summed E-state index contributed by atoms with van der Waals surface area (Å²) in [6, 6.07) is 7.68. The molecule has 0 aliphatic heterocycles. The van der Waals surface area contributed by atoms with Gasteiger partial charge in [0.1, 0.15) is 4.88 Å². The second-order valence-electron chi connectivity index (χ2n) is 5.11. The minimum Gasteiger partial charge on any atom is -0.349 e. The van der Waals surface area contributed by atoms with Crippen molar-refractivity contribution >= 4 is 29.0 Å². The Balaban J connectivity index is 2.10. The number of carbonyl (C=O) groups excluding carboxylic acids is 1. The Kier molecular flexibility index (Phi) is 5.88. The highest BCUT2D eigenvalue weighted by Gasteiger charge is 2.20. The molecule has 0 fully saturated rings. The monoisotopic (exact) mass is 338 g/mol. The highest BCUT2D eigenvalue weighted by atomic mass is 35.5. The van der Waals surface area contributed by atoms with Gasteiger partial charge in [-0.1, -0.05) is 41.2 Å². The standard InChI is InChI=1S/C15H19ClN4OS/c1-4-12-14(22-19-18-12)15(21)17-9-13(20(2)3)10-7-5-6-8-11(10)16/h5-8,13H,4,9H2,1-3H3,(H,17,21). The second kappa shape index (κ2) is 7.67. The van der Waals surface area contributed by atoms with Crippen LogP contribution in [0.5, 0.6) is 0 Å². The number of aryl methyl sites for hydroxylation is 1. The van der Waals surface area contributed by atoms with Crippen molar-refractivity contribution in [1.82, 2.24) is 19.8 Å². The zero-order valence-electron chi connectivity index (χ0n) is 12.8. The Hall–Kier alpha value is -1.50. The highest BCUT2D eigenvalue weighted by Crippen LogP contribution is 2.25. The molecule has 1 aromatic carbocycles. The van der Waals surface area contributed by atoms with E-state index in [-0.39, 0.29) is 11.9 Å². The van der Waals surface area contributed by atoms with Gasteiger partial charge in [-0.3, -0.25) is 4.79 Å². The molecule has 2 aromatic rings. The summed E-state index contributed by atoms with van der Waals surface area (Å²) in [4.78, 5) is 14.9. The molecule has 0 aliphatic carbocycles. The van der Waals surface area contributed by atoms with Crippen molar-refractivity contribution in [2.24, 2.45) is 0 Å². The van der Waals surface area contributed by atoms with Crippen molar-refractivity contribution in [1.29, 1.82) is 0 Å². The Bertz CT molecular complexity index is 644. The molecule has 0 saturated heterocycles. The maximum atomic E-state index is 12.3. The van der Waals surface area contributed by atoms with E-state index in [1.807, 2.05) is 50.2 Å². The van der Waals surface area contributed by atoms with E-state index < -0.39 is 0 Å². The van der Waals surface area contributed by atoms with E-state index in [2.05, 4.69) is 14.9 Å². The number of aromatic nitrogens is 2. The summed E-state index contributed by atoms with van der Waals surface area (Å²) in [5.74, 6) is -0.134. The van der Waals surface area contributed by atoms with Crippen LogP contribution in [0.3, 0.4) is 0 Å². The number of hydrogen-bond acceptors (Lipinski definition) is 5. The molecule has 1 aromatic heterocycles. The summed E-state index contributed by atoms with van der Waals surface area (Å²) in [6.07, 6.45) is 0.695. The number of nitrogens with one attached hydrogen (secondary N) is 1. The molecule has 22 heavy (non-hydrogen) atoms. The average molecular weight is 339 g/mol. The van der Waals surface area contributed by atoms with Gasteiger partial charge in [0, 0.05) is 11.6 Å². The lowest BCUT2D eigenvalue weighted by Gasteiger charge is -2.25. The van der Waals surface area contributed by atoms with Crippen molar-refractivity contribution in [3.8, 4) is 0 Å². The number of rotatable bonds is 6. The molecule has 1 amide bonds. The third-order valence-corrected chi connectivity index (χ3v) is 4.55. The number of carbonyl (C=O) groups is 1. The predicted octanol–water partition coefficient (Wildman–Crippen LogP) is 2.79. The van der Waals surface area contributed by atoms with Crippen molar-refractivity contribution in [3.05, 3.63) is 45.4 Å². The van der Waals surface area contributed by atoms with Gasteiger partial charge in [-0.05, 0) is 43.7 Å². The number of hydrogen-bond donors (Lipinski definition) is 1. The van der Waals surface area contributed by atoms with E-state index in [4.69, 9.17) is 11.6 Å². The van der Waals surface area contributed by atoms with Crippen LogP contribution in [-0.2, 0) is 6.42 Å². The number of amides is 1. The normalized spacial score (nSPS) is 12.4. The smallest absolute Gasteiger partial charge is 0.265 e. The lowest BCUT2D eigenvalue weighted by molar-refractivity contribution is 0.0945. The molecule has 1 atom stereocenters. The molecule has 0 aliphatic rings. The first-order chi connectivity index (χ1) is 10.5. The van der Waals surface area contributed by atoms with Crippen LogP contribution in [0.1, 0.15) is 33.9 Å². The van der Waals surface area contributed by atoms with Crippen molar-refractivity contribution in [2.75, 3.05) is 20.6 Å². The third kappa shape index (κ3) is 3.82. The van der Waals surface area contributed by atoms with Gasteiger partial charge in [0.05, 0.1) is 11.7 Å². The minimum atomic E-state index is -0.134. The SMILES string of the molecule is CCc1nnsc1C(=O)NCC(c1ccccc1Cl)N(C)C. The fourth-order valence-electron chi connectivity index (χ4n) is 2.20. The summed E-state index contributed by atoms with van der Waals surface area (Å²) in [7, 11) is 3.93. The molecule has 0 radical (unpaired) electrons. The van der Waals surface area contributed by atoms with Crippen LogP contribution in [-0.4, -0.2) is 41.0 Å². The lowest BCUT2D eigenvalue weighted by atomic mass is 10.1. The molecule has 0 spiro atoms. The highest BCUT2D eigenvalue weighted by molar-refractivity contribution is 7.08. The van der Waals surface area contributed by atoms with Gasteiger partial charge in [0.25, 0.3) is 5.91 Å². The van der Waals surface area contributed by atoms with Crippen LogP contribution in [0, 0.1) is 0 Å². The van der Waals surface area contributed by atoms with Gasteiger partial charge in [-0.15, -0.1) is 5.10 Å². The summed E-state index contributed by atoms with van der Waals surface area (Å²) >= 11 is 7.40. The Morgan fingerprint density at radius 2 is 2.14 bits per heavy atom. The number of likely N-dealkylation sites (N-methyl/N-ethyl adjacent to an activating group) is 1. The molecule has 0 bridgehead atoms. The minimum absolute atomic E-state index is 0.00334. The van der Waals surface area contributed by atoms with Gasteiger partial charge < -0.3 is 10.2 Å². The van der Waals surface area contributed by atoms with E-state index in [9.17, 15) is 4.79 Å². The van der Waals surface area contributed by atoms with Gasteiger partial charge in [-0.2, -0.15) is 0 Å². The van der Waals surface area contributed by atoms with Gasteiger partial charge in [0.15, 0.2) is 0 Å². The Morgan fingerprint density at radius 3 is 2.77 bits per heavy atom. The summed E-state index contributed by atoms with van der Waals surface area (Å²) < 4.78 is 3.85. The maximum absolute atomic E-state index is 12.3. The first kappa shape index (κ1) is 16.9.